The van der Waals surface area contributed by atoms with Crippen molar-refractivity contribution in [2.45, 2.75) is 39.7 Å². The summed E-state index contributed by atoms with van der Waals surface area (Å²) in [4.78, 5) is 24.8. The van der Waals surface area contributed by atoms with Gasteiger partial charge in [-0.05, 0) is 12.3 Å². The fraction of sp³-hybridized carbons (Fsp3) is 0.846. The molecule has 0 aromatic carbocycles. The third-order valence-electron chi connectivity index (χ3n) is 3.44. The fourth-order valence-corrected chi connectivity index (χ4v) is 2.42. The molecule has 1 heterocycles. The Morgan fingerprint density at radius 3 is 2.56 bits per heavy atom. The summed E-state index contributed by atoms with van der Waals surface area (Å²) in [7, 11) is 0. The highest BCUT2D eigenvalue weighted by molar-refractivity contribution is 5.78. The highest BCUT2D eigenvalue weighted by Gasteiger charge is 2.28. The summed E-state index contributed by atoms with van der Waals surface area (Å²) in [6.07, 6.45) is 2.05. The molecule has 0 aliphatic carbocycles. The van der Waals surface area contributed by atoms with E-state index in [1.54, 1.807) is 0 Å². The number of nitrogens with zero attached hydrogens (tertiary/aromatic N) is 1. The van der Waals surface area contributed by atoms with Crippen LogP contribution in [-0.4, -0.2) is 42.4 Å². The van der Waals surface area contributed by atoms with Crippen LogP contribution in [0.3, 0.4) is 0 Å². The van der Waals surface area contributed by atoms with Crippen LogP contribution >= 0.6 is 0 Å². The number of amides is 2. The van der Waals surface area contributed by atoms with Crippen molar-refractivity contribution in [3.63, 3.8) is 0 Å². The zero-order valence-electron chi connectivity index (χ0n) is 11.6. The molecule has 1 rings (SSSR count). The van der Waals surface area contributed by atoms with Gasteiger partial charge in [-0.25, -0.2) is 0 Å². The van der Waals surface area contributed by atoms with Crippen LogP contribution < -0.4 is 11.1 Å². The van der Waals surface area contributed by atoms with Gasteiger partial charge in [0.15, 0.2) is 0 Å². The molecule has 5 nitrogen and oxygen atoms in total. The SMILES string of the molecule is CCC1CC(NC(=O)C(C)C)CN(CC(N)=O)C1. The van der Waals surface area contributed by atoms with Gasteiger partial charge < -0.3 is 11.1 Å². The maximum absolute atomic E-state index is 11.7. The predicted molar refractivity (Wildman–Crippen MR) is 70.8 cm³/mol. The normalized spacial score (nSPS) is 25.1. The molecular formula is C13H25N3O2. The smallest absolute Gasteiger partial charge is 0.231 e. The number of likely N-dealkylation sites (tertiary alicyclic amines) is 1. The van der Waals surface area contributed by atoms with Crippen molar-refractivity contribution in [1.82, 2.24) is 10.2 Å². The first-order valence-corrected chi connectivity index (χ1v) is 6.73. The summed E-state index contributed by atoms with van der Waals surface area (Å²) in [6.45, 7) is 7.81. The molecule has 2 unspecified atom stereocenters. The predicted octanol–water partition coefficient (Wildman–Crippen LogP) is 0.344. The van der Waals surface area contributed by atoms with E-state index in [0.29, 0.717) is 5.92 Å². The first kappa shape index (κ1) is 15.0. The summed E-state index contributed by atoms with van der Waals surface area (Å²) >= 11 is 0. The molecule has 0 bridgehead atoms. The van der Waals surface area contributed by atoms with Gasteiger partial charge in [-0.3, -0.25) is 14.5 Å². The van der Waals surface area contributed by atoms with Gasteiger partial charge in [0.2, 0.25) is 11.8 Å². The number of piperidine rings is 1. The summed E-state index contributed by atoms with van der Waals surface area (Å²) in [5.74, 6) is 0.295. The standard InChI is InChI=1S/C13H25N3O2/c1-4-10-5-11(15-13(18)9(2)3)7-16(6-10)8-12(14)17/h9-11H,4-8H2,1-3H3,(H2,14,17)(H,15,18). The molecule has 5 heteroatoms. The largest absolute Gasteiger partial charge is 0.369 e. The molecule has 0 saturated carbocycles. The molecular weight excluding hydrogens is 230 g/mol. The second-order valence-electron chi connectivity index (χ2n) is 5.53. The average molecular weight is 255 g/mol. The molecule has 1 aliphatic rings. The monoisotopic (exact) mass is 255 g/mol. The van der Waals surface area contributed by atoms with E-state index in [1.807, 2.05) is 18.7 Å². The van der Waals surface area contributed by atoms with Crippen molar-refractivity contribution >= 4 is 11.8 Å². The van der Waals surface area contributed by atoms with Gasteiger partial charge in [-0.1, -0.05) is 27.2 Å². The summed E-state index contributed by atoms with van der Waals surface area (Å²) in [5.41, 5.74) is 5.24. The van der Waals surface area contributed by atoms with Crippen LogP contribution in [0.5, 0.6) is 0 Å². The number of rotatable bonds is 5. The van der Waals surface area contributed by atoms with Gasteiger partial charge in [0.1, 0.15) is 0 Å². The van der Waals surface area contributed by atoms with Gasteiger partial charge in [0.25, 0.3) is 0 Å². The zero-order chi connectivity index (χ0) is 13.7. The van der Waals surface area contributed by atoms with Crippen LogP contribution in [-0.2, 0) is 9.59 Å². The first-order chi connectivity index (χ1) is 8.42. The van der Waals surface area contributed by atoms with E-state index in [0.717, 1.165) is 25.9 Å². The number of carbonyl (C=O) groups excluding carboxylic acids is 2. The van der Waals surface area contributed by atoms with Crippen LogP contribution in [0.4, 0.5) is 0 Å². The number of hydrogen-bond donors (Lipinski definition) is 2. The number of nitrogens with one attached hydrogen (secondary N) is 1. The van der Waals surface area contributed by atoms with E-state index >= 15 is 0 Å². The lowest BCUT2D eigenvalue weighted by molar-refractivity contribution is -0.125. The number of carbonyl (C=O) groups is 2. The topological polar surface area (TPSA) is 75.4 Å². The Morgan fingerprint density at radius 1 is 1.39 bits per heavy atom. The minimum Gasteiger partial charge on any atom is -0.369 e. The number of hydrogen-bond acceptors (Lipinski definition) is 3. The van der Waals surface area contributed by atoms with Crippen molar-refractivity contribution in [3.05, 3.63) is 0 Å². The van der Waals surface area contributed by atoms with Gasteiger partial charge in [-0.2, -0.15) is 0 Å². The van der Waals surface area contributed by atoms with Crippen LogP contribution in [0.25, 0.3) is 0 Å². The minimum atomic E-state index is -0.305. The molecule has 0 spiro atoms. The Kier molecular flexibility index (Phi) is 5.59. The highest BCUT2D eigenvalue weighted by Crippen LogP contribution is 2.19. The Bertz CT molecular complexity index is 305. The lowest BCUT2D eigenvalue weighted by atomic mass is 9.91. The van der Waals surface area contributed by atoms with Crippen LogP contribution in [0.2, 0.25) is 0 Å². The van der Waals surface area contributed by atoms with Crippen molar-refractivity contribution in [3.8, 4) is 0 Å². The van der Waals surface area contributed by atoms with Crippen molar-refractivity contribution < 1.29 is 9.59 Å². The van der Waals surface area contributed by atoms with Gasteiger partial charge in [0, 0.05) is 25.0 Å². The van der Waals surface area contributed by atoms with E-state index in [4.69, 9.17) is 5.73 Å². The number of nitrogens with two attached hydrogens (primary N) is 1. The van der Waals surface area contributed by atoms with E-state index < -0.39 is 0 Å². The first-order valence-electron chi connectivity index (χ1n) is 6.73. The maximum Gasteiger partial charge on any atom is 0.231 e. The molecule has 1 saturated heterocycles. The summed E-state index contributed by atoms with van der Waals surface area (Å²) < 4.78 is 0. The van der Waals surface area contributed by atoms with Crippen LogP contribution in [0.15, 0.2) is 0 Å². The van der Waals surface area contributed by atoms with Crippen molar-refractivity contribution in [2.24, 2.45) is 17.6 Å². The molecule has 18 heavy (non-hydrogen) atoms. The Labute approximate surface area is 109 Å². The summed E-state index contributed by atoms with van der Waals surface area (Å²) in [6, 6.07) is 0.137. The third kappa shape index (κ3) is 4.64. The molecule has 2 amide bonds. The molecule has 1 aliphatic heterocycles. The minimum absolute atomic E-state index is 0.00315. The molecule has 3 N–H and O–H groups in total. The highest BCUT2D eigenvalue weighted by atomic mass is 16.2. The molecule has 0 aromatic rings. The number of primary amides is 1. The Balaban J connectivity index is 2.56. The van der Waals surface area contributed by atoms with Crippen LogP contribution in [0, 0.1) is 11.8 Å². The van der Waals surface area contributed by atoms with E-state index in [2.05, 4.69) is 12.2 Å². The Morgan fingerprint density at radius 2 is 2.06 bits per heavy atom. The quantitative estimate of drug-likeness (QED) is 0.744. The third-order valence-corrected chi connectivity index (χ3v) is 3.44. The molecule has 2 atom stereocenters. The summed E-state index contributed by atoms with van der Waals surface area (Å²) in [5, 5.41) is 3.05. The molecule has 1 fully saturated rings. The fourth-order valence-electron chi connectivity index (χ4n) is 2.42. The van der Waals surface area contributed by atoms with Gasteiger partial charge >= 0.3 is 0 Å². The zero-order valence-corrected chi connectivity index (χ0v) is 11.6. The van der Waals surface area contributed by atoms with E-state index in [1.165, 1.54) is 0 Å². The second kappa shape index (κ2) is 6.73. The molecule has 104 valence electrons. The molecule has 0 radical (unpaired) electrons. The second-order valence-corrected chi connectivity index (χ2v) is 5.53. The molecule has 0 aromatic heterocycles. The van der Waals surface area contributed by atoms with Crippen molar-refractivity contribution in [2.75, 3.05) is 19.6 Å². The van der Waals surface area contributed by atoms with Gasteiger partial charge in [-0.15, -0.1) is 0 Å². The van der Waals surface area contributed by atoms with E-state index in [-0.39, 0.29) is 30.3 Å². The lowest BCUT2D eigenvalue weighted by Crippen LogP contribution is -2.53. The van der Waals surface area contributed by atoms with Crippen molar-refractivity contribution in [1.29, 1.82) is 0 Å². The maximum atomic E-state index is 11.7. The Hall–Kier alpha value is -1.10. The lowest BCUT2D eigenvalue weighted by Gasteiger charge is -2.37. The van der Waals surface area contributed by atoms with E-state index in [9.17, 15) is 9.59 Å². The average Bonchev–Trinajstić information content (AvgIpc) is 2.27. The van der Waals surface area contributed by atoms with Gasteiger partial charge in [0.05, 0.1) is 6.54 Å². The van der Waals surface area contributed by atoms with Crippen LogP contribution in [0.1, 0.15) is 33.6 Å².